The van der Waals surface area contributed by atoms with Crippen LogP contribution in [0.1, 0.15) is 35.4 Å². The van der Waals surface area contributed by atoms with Gasteiger partial charge in [0.15, 0.2) is 0 Å². The van der Waals surface area contributed by atoms with Crippen molar-refractivity contribution in [1.29, 1.82) is 0 Å². The standard InChI is InChI=1S/C19H17NO4S/c21-17-14-4-1-2-5-15(14)18(22)20(17)12-7-9-13(10-8-12)24-19(23)16-6-3-11-25-16/h3,6-11,14-15H,1-2,4-5H2. The molecule has 2 amide bonds. The minimum Gasteiger partial charge on any atom is -0.422 e. The van der Waals surface area contributed by atoms with E-state index in [-0.39, 0.29) is 23.7 Å². The molecule has 6 heteroatoms. The predicted octanol–water partition coefficient (Wildman–Crippen LogP) is 3.65. The van der Waals surface area contributed by atoms with E-state index in [1.54, 1.807) is 36.4 Å². The predicted molar refractivity (Wildman–Crippen MR) is 93.7 cm³/mol. The maximum Gasteiger partial charge on any atom is 0.353 e. The van der Waals surface area contributed by atoms with Crippen LogP contribution in [0.2, 0.25) is 0 Å². The molecule has 2 aromatic rings. The summed E-state index contributed by atoms with van der Waals surface area (Å²) >= 11 is 1.31. The minimum atomic E-state index is -0.415. The van der Waals surface area contributed by atoms with Gasteiger partial charge < -0.3 is 4.74 Å². The van der Waals surface area contributed by atoms with Crippen molar-refractivity contribution in [3.63, 3.8) is 0 Å². The smallest absolute Gasteiger partial charge is 0.353 e. The van der Waals surface area contributed by atoms with Gasteiger partial charge in [0.2, 0.25) is 11.8 Å². The van der Waals surface area contributed by atoms with E-state index in [2.05, 4.69) is 0 Å². The van der Waals surface area contributed by atoms with Gasteiger partial charge in [0.05, 0.1) is 17.5 Å². The van der Waals surface area contributed by atoms with Gasteiger partial charge in [-0.05, 0) is 48.6 Å². The lowest BCUT2D eigenvalue weighted by molar-refractivity contribution is -0.122. The number of rotatable bonds is 3. The van der Waals surface area contributed by atoms with E-state index in [4.69, 9.17) is 4.74 Å². The number of thiophene rings is 1. The lowest BCUT2D eigenvalue weighted by Gasteiger charge is -2.19. The van der Waals surface area contributed by atoms with Crippen molar-refractivity contribution in [3.05, 3.63) is 46.7 Å². The fourth-order valence-electron chi connectivity index (χ4n) is 3.63. The van der Waals surface area contributed by atoms with Gasteiger partial charge in [-0.25, -0.2) is 4.79 Å². The maximum absolute atomic E-state index is 12.6. The van der Waals surface area contributed by atoms with Gasteiger partial charge in [0, 0.05) is 0 Å². The van der Waals surface area contributed by atoms with Crippen LogP contribution < -0.4 is 9.64 Å². The Hall–Kier alpha value is -2.47. The molecule has 2 atom stereocenters. The molecular weight excluding hydrogens is 338 g/mol. The Morgan fingerprint density at radius 2 is 1.64 bits per heavy atom. The Morgan fingerprint density at radius 3 is 2.20 bits per heavy atom. The largest absolute Gasteiger partial charge is 0.422 e. The van der Waals surface area contributed by atoms with Crippen molar-refractivity contribution in [2.75, 3.05) is 4.90 Å². The van der Waals surface area contributed by atoms with Gasteiger partial charge >= 0.3 is 5.97 Å². The first-order valence-electron chi connectivity index (χ1n) is 8.39. The lowest BCUT2D eigenvalue weighted by atomic mass is 9.81. The lowest BCUT2D eigenvalue weighted by Crippen LogP contribution is -2.30. The molecule has 5 nitrogen and oxygen atoms in total. The number of amides is 2. The number of anilines is 1. The number of hydrogen-bond acceptors (Lipinski definition) is 5. The molecule has 128 valence electrons. The van der Waals surface area contributed by atoms with Crippen LogP contribution >= 0.6 is 11.3 Å². The van der Waals surface area contributed by atoms with Gasteiger partial charge in [0.1, 0.15) is 10.6 Å². The second-order valence-corrected chi connectivity index (χ2v) is 7.32. The van der Waals surface area contributed by atoms with Crippen LogP contribution in [0.5, 0.6) is 5.75 Å². The third-order valence-corrected chi connectivity index (χ3v) is 5.72. The molecule has 1 aromatic heterocycles. The Morgan fingerprint density at radius 1 is 1.00 bits per heavy atom. The highest BCUT2D eigenvalue weighted by molar-refractivity contribution is 7.12. The molecule has 0 bridgehead atoms. The number of esters is 1. The van der Waals surface area contributed by atoms with Crippen molar-refractivity contribution >= 4 is 34.8 Å². The van der Waals surface area contributed by atoms with Crippen molar-refractivity contribution in [2.24, 2.45) is 11.8 Å². The van der Waals surface area contributed by atoms with Crippen molar-refractivity contribution in [1.82, 2.24) is 0 Å². The molecule has 1 saturated carbocycles. The van der Waals surface area contributed by atoms with Gasteiger partial charge in [-0.1, -0.05) is 18.9 Å². The molecular formula is C19H17NO4S. The van der Waals surface area contributed by atoms with E-state index >= 15 is 0 Å². The monoisotopic (exact) mass is 355 g/mol. The van der Waals surface area contributed by atoms with Gasteiger partial charge in [-0.15, -0.1) is 11.3 Å². The number of ether oxygens (including phenoxy) is 1. The molecule has 0 N–H and O–H groups in total. The molecule has 4 rings (SSSR count). The quantitative estimate of drug-likeness (QED) is 0.479. The fourth-order valence-corrected chi connectivity index (χ4v) is 4.23. The summed E-state index contributed by atoms with van der Waals surface area (Å²) in [5.41, 5.74) is 0.542. The number of fused-ring (bicyclic) bond motifs is 1. The minimum absolute atomic E-state index is 0.0990. The van der Waals surface area contributed by atoms with Crippen molar-refractivity contribution in [2.45, 2.75) is 25.7 Å². The average molecular weight is 355 g/mol. The number of imide groups is 1. The van der Waals surface area contributed by atoms with E-state index in [1.807, 2.05) is 5.38 Å². The Bertz CT molecular complexity index is 788. The van der Waals surface area contributed by atoms with E-state index in [9.17, 15) is 14.4 Å². The van der Waals surface area contributed by atoms with E-state index in [0.717, 1.165) is 25.7 Å². The number of carbonyl (C=O) groups is 3. The van der Waals surface area contributed by atoms with E-state index in [0.29, 0.717) is 16.3 Å². The topological polar surface area (TPSA) is 63.7 Å². The first-order valence-corrected chi connectivity index (χ1v) is 9.26. The number of nitrogens with zero attached hydrogens (tertiary/aromatic N) is 1. The Balaban J connectivity index is 1.51. The summed E-state index contributed by atoms with van der Waals surface area (Å²) in [7, 11) is 0. The molecule has 0 radical (unpaired) electrons. The Kier molecular flexibility index (Phi) is 4.13. The molecule has 2 heterocycles. The number of carbonyl (C=O) groups excluding carboxylic acids is 3. The van der Waals surface area contributed by atoms with Crippen LogP contribution in [0, 0.1) is 11.8 Å². The normalized spacial score (nSPS) is 22.8. The molecule has 2 fully saturated rings. The van der Waals surface area contributed by atoms with Gasteiger partial charge in [-0.2, -0.15) is 0 Å². The molecule has 1 aliphatic carbocycles. The Labute approximate surface area is 149 Å². The van der Waals surface area contributed by atoms with E-state index < -0.39 is 5.97 Å². The molecule has 25 heavy (non-hydrogen) atoms. The summed E-state index contributed by atoms with van der Waals surface area (Å²) in [4.78, 5) is 39.0. The summed E-state index contributed by atoms with van der Waals surface area (Å²) in [6, 6.07) is 10.0. The van der Waals surface area contributed by atoms with Crippen molar-refractivity contribution < 1.29 is 19.1 Å². The number of hydrogen-bond donors (Lipinski definition) is 0. The van der Waals surface area contributed by atoms with Crippen LogP contribution in [0.3, 0.4) is 0 Å². The maximum atomic E-state index is 12.6. The van der Waals surface area contributed by atoms with Crippen LogP contribution in [-0.2, 0) is 9.59 Å². The zero-order chi connectivity index (χ0) is 17.4. The highest BCUT2D eigenvalue weighted by Gasteiger charge is 2.48. The first kappa shape index (κ1) is 16.0. The summed E-state index contributed by atoms with van der Waals surface area (Å²) in [5, 5.41) is 1.81. The fraction of sp³-hybridized carbons (Fsp3) is 0.316. The zero-order valence-electron chi connectivity index (χ0n) is 13.5. The highest BCUT2D eigenvalue weighted by atomic mass is 32.1. The second kappa shape index (κ2) is 6.44. The molecule has 1 saturated heterocycles. The summed E-state index contributed by atoms with van der Waals surface area (Å²) in [6.45, 7) is 0. The first-order chi connectivity index (χ1) is 12.1. The summed E-state index contributed by atoms with van der Waals surface area (Å²) in [5.74, 6) is -0.563. The molecule has 2 unspecified atom stereocenters. The molecule has 1 aliphatic heterocycles. The average Bonchev–Trinajstić information content (AvgIpc) is 3.25. The third kappa shape index (κ3) is 2.87. The van der Waals surface area contributed by atoms with Gasteiger partial charge in [-0.3, -0.25) is 14.5 Å². The molecule has 0 spiro atoms. The zero-order valence-corrected chi connectivity index (χ0v) is 14.3. The van der Waals surface area contributed by atoms with Crippen LogP contribution in [0.15, 0.2) is 41.8 Å². The summed E-state index contributed by atoms with van der Waals surface area (Å²) < 4.78 is 5.31. The highest BCUT2D eigenvalue weighted by Crippen LogP contribution is 2.40. The van der Waals surface area contributed by atoms with Crippen LogP contribution in [0.25, 0.3) is 0 Å². The van der Waals surface area contributed by atoms with Gasteiger partial charge in [0.25, 0.3) is 0 Å². The third-order valence-electron chi connectivity index (χ3n) is 4.87. The van der Waals surface area contributed by atoms with Crippen molar-refractivity contribution in [3.8, 4) is 5.75 Å². The SMILES string of the molecule is O=C(Oc1ccc(N2C(=O)C3CCCCC3C2=O)cc1)c1cccs1. The number of benzene rings is 1. The molecule has 2 aliphatic rings. The van der Waals surface area contributed by atoms with Crippen LogP contribution in [0.4, 0.5) is 5.69 Å². The summed E-state index contributed by atoms with van der Waals surface area (Å²) in [6.07, 6.45) is 3.60. The van der Waals surface area contributed by atoms with E-state index in [1.165, 1.54) is 16.2 Å². The van der Waals surface area contributed by atoms with Crippen LogP contribution in [-0.4, -0.2) is 17.8 Å². The molecule has 1 aromatic carbocycles. The second-order valence-electron chi connectivity index (χ2n) is 6.37.